The summed E-state index contributed by atoms with van der Waals surface area (Å²) in [6.07, 6.45) is 0.743. The summed E-state index contributed by atoms with van der Waals surface area (Å²) in [5.74, 6) is -0.0417. The maximum absolute atomic E-state index is 12.4. The van der Waals surface area contributed by atoms with E-state index in [1.807, 2.05) is 31.2 Å². The van der Waals surface area contributed by atoms with Crippen molar-refractivity contribution in [2.45, 2.75) is 16.6 Å². The van der Waals surface area contributed by atoms with Crippen LogP contribution in [0.5, 0.6) is 0 Å². The van der Waals surface area contributed by atoms with Crippen LogP contribution < -0.4 is 0 Å². The molecular formula is C11H9Br2N3O. The van der Waals surface area contributed by atoms with Gasteiger partial charge in [0.05, 0.1) is 14.2 Å². The Bertz CT molecular complexity index is 622. The Labute approximate surface area is 115 Å². The molecule has 6 heteroatoms. The molecule has 0 aliphatic heterocycles. The van der Waals surface area contributed by atoms with E-state index in [4.69, 9.17) is 0 Å². The number of fused-ring (bicyclic) bond motifs is 1. The summed E-state index contributed by atoms with van der Waals surface area (Å²) in [4.78, 5) is 12.4. The average molecular weight is 359 g/mol. The minimum absolute atomic E-state index is 0.0417. The molecule has 1 aliphatic rings. The summed E-state index contributed by atoms with van der Waals surface area (Å²) in [6.45, 7) is 1.91. The number of para-hydroxylation sites is 1. The third-order valence-corrected chi connectivity index (χ3v) is 5.59. The van der Waals surface area contributed by atoms with Gasteiger partial charge in [-0.05, 0) is 25.5 Å². The number of halogens is 2. The molecular weight excluding hydrogens is 350 g/mol. The summed E-state index contributed by atoms with van der Waals surface area (Å²) in [6, 6.07) is 7.45. The number of alkyl halides is 2. The van der Waals surface area contributed by atoms with Crippen molar-refractivity contribution >= 4 is 48.8 Å². The van der Waals surface area contributed by atoms with Crippen molar-refractivity contribution in [2.24, 2.45) is 5.41 Å². The summed E-state index contributed by atoms with van der Waals surface area (Å²) >= 11 is 6.99. The quantitative estimate of drug-likeness (QED) is 0.736. The minimum atomic E-state index is -0.469. The van der Waals surface area contributed by atoms with Gasteiger partial charge in [0.1, 0.15) is 5.52 Å². The van der Waals surface area contributed by atoms with Gasteiger partial charge in [-0.2, -0.15) is 4.68 Å². The smallest absolute Gasteiger partial charge is 0.257 e. The monoisotopic (exact) mass is 357 g/mol. The molecule has 1 heterocycles. The van der Waals surface area contributed by atoms with Crippen LogP contribution in [0.1, 0.15) is 18.1 Å². The van der Waals surface area contributed by atoms with Gasteiger partial charge < -0.3 is 0 Å². The molecule has 88 valence electrons. The van der Waals surface area contributed by atoms with Crippen LogP contribution in [-0.4, -0.2) is 24.1 Å². The zero-order valence-corrected chi connectivity index (χ0v) is 12.2. The van der Waals surface area contributed by atoms with E-state index in [0.717, 1.165) is 17.5 Å². The Balaban J connectivity index is 2.09. The van der Waals surface area contributed by atoms with Crippen molar-refractivity contribution in [3.05, 3.63) is 24.3 Å². The van der Waals surface area contributed by atoms with E-state index in [-0.39, 0.29) is 9.14 Å². The lowest BCUT2D eigenvalue weighted by Crippen LogP contribution is -2.25. The van der Waals surface area contributed by atoms with Gasteiger partial charge in [-0.3, -0.25) is 4.79 Å². The van der Waals surface area contributed by atoms with Crippen molar-refractivity contribution in [3.8, 4) is 0 Å². The van der Waals surface area contributed by atoms with E-state index < -0.39 is 5.41 Å². The van der Waals surface area contributed by atoms with Crippen LogP contribution in [0, 0.1) is 5.41 Å². The lowest BCUT2D eigenvalue weighted by Gasteiger charge is -2.10. The number of benzene rings is 1. The van der Waals surface area contributed by atoms with E-state index >= 15 is 0 Å². The van der Waals surface area contributed by atoms with Crippen LogP contribution >= 0.6 is 31.9 Å². The standard InChI is InChI=1S/C11H9Br2N3O/c1-10(6-11(10,12)13)9(17)16-8-5-3-2-4-7(8)14-15-16/h2-5H,6H2,1H3/t10-/m0/s1. The number of nitrogens with zero attached hydrogens (tertiary/aromatic N) is 3. The Morgan fingerprint density at radius 3 is 2.71 bits per heavy atom. The van der Waals surface area contributed by atoms with E-state index in [9.17, 15) is 4.79 Å². The topological polar surface area (TPSA) is 47.8 Å². The van der Waals surface area contributed by atoms with Gasteiger partial charge in [0.2, 0.25) is 0 Å². The molecule has 0 radical (unpaired) electrons. The van der Waals surface area contributed by atoms with Crippen molar-refractivity contribution in [1.29, 1.82) is 0 Å². The molecule has 0 saturated heterocycles. The van der Waals surface area contributed by atoms with Gasteiger partial charge in [-0.25, -0.2) is 0 Å². The van der Waals surface area contributed by atoms with Gasteiger partial charge in [-0.1, -0.05) is 49.2 Å². The fraction of sp³-hybridized carbons (Fsp3) is 0.364. The van der Waals surface area contributed by atoms with Crippen LogP contribution in [0.25, 0.3) is 11.0 Å². The second-order valence-electron chi connectivity index (χ2n) is 4.51. The Hall–Kier alpha value is -0.750. The van der Waals surface area contributed by atoms with Gasteiger partial charge in [-0.15, -0.1) is 5.10 Å². The first-order chi connectivity index (χ1) is 7.96. The number of carbonyl (C=O) groups excluding carboxylic acids is 1. The molecule has 0 unspecified atom stereocenters. The SMILES string of the molecule is C[C@@]1(C(=O)n2nnc3ccccc32)CC1(Br)Br. The van der Waals surface area contributed by atoms with Crippen LogP contribution in [-0.2, 0) is 0 Å². The summed E-state index contributed by atoms with van der Waals surface area (Å²) in [5, 5.41) is 7.93. The number of hydrogen-bond acceptors (Lipinski definition) is 3. The summed E-state index contributed by atoms with van der Waals surface area (Å²) in [5.41, 5.74) is 1.02. The average Bonchev–Trinajstić information content (AvgIpc) is 2.67. The van der Waals surface area contributed by atoms with Crippen LogP contribution in [0.15, 0.2) is 24.3 Å². The first kappa shape index (κ1) is 11.3. The van der Waals surface area contributed by atoms with E-state index in [2.05, 4.69) is 42.2 Å². The van der Waals surface area contributed by atoms with Gasteiger partial charge in [0.15, 0.2) is 0 Å². The fourth-order valence-corrected chi connectivity index (χ4v) is 3.35. The Morgan fingerprint density at radius 1 is 1.41 bits per heavy atom. The molecule has 1 aliphatic carbocycles. The molecule has 0 N–H and O–H groups in total. The normalized spacial score (nSPS) is 26.1. The van der Waals surface area contributed by atoms with E-state index in [1.165, 1.54) is 4.68 Å². The molecule has 1 saturated carbocycles. The van der Waals surface area contributed by atoms with Gasteiger partial charge in [0, 0.05) is 0 Å². The number of carbonyl (C=O) groups is 1. The second-order valence-corrected chi connectivity index (χ2v) is 8.28. The molecule has 3 rings (SSSR count). The number of aromatic nitrogens is 3. The molecule has 0 amide bonds. The number of hydrogen-bond donors (Lipinski definition) is 0. The molecule has 0 spiro atoms. The van der Waals surface area contributed by atoms with Crippen molar-refractivity contribution in [2.75, 3.05) is 0 Å². The minimum Gasteiger partial charge on any atom is -0.272 e. The summed E-state index contributed by atoms with van der Waals surface area (Å²) < 4.78 is 1.08. The first-order valence-electron chi connectivity index (χ1n) is 5.19. The summed E-state index contributed by atoms with van der Waals surface area (Å²) in [7, 11) is 0. The van der Waals surface area contributed by atoms with Crippen molar-refractivity contribution in [3.63, 3.8) is 0 Å². The molecule has 0 bridgehead atoms. The molecule has 4 nitrogen and oxygen atoms in total. The molecule has 1 atom stereocenters. The third kappa shape index (κ3) is 1.50. The van der Waals surface area contributed by atoms with Gasteiger partial charge in [0.25, 0.3) is 5.91 Å². The predicted octanol–water partition coefficient (Wildman–Crippen LogP) is 2.97. The highest BCUT2D eigenvalue weighted by Gasteiger charge is 2.67. The van der Waals surface area contributed by atoms with Crippen molar-refractivity contribution in [1.82, 2.24) is 15.0 Å². The van der Waals surface area contributed by atoms with Crippen LogP contribution in [0.3, 0.4) is 0 Å². The highest BCUT2D eigenvalue weighted by atomic mass is 79.9. The van der Waals surface area contributed by atoms with E-state index in [0.29, 0.717) is 0 Å². The fourth-order valence-electron chi connectivity index (χ4n) is 1.88. The highest BCUT2D eigenvalue weighted by molar-refractivity contribution is 9.25. The molecule has 2 aromatic rings. The van der Waals surface area contributed by atoms with E-state index in [1.54, 1.807) is 0 Å². The van der Waals surface area contributed by atoms with Crippen molar-refractivity contribution < 1.29 is 4.79 Å². The predicted molar refractivity (Wildman–Crippen MR) is 71.5 cm³/mol. The first-order valence-corrected chi connectivity index (χ1v) is 6.77. The van der Waals surface area contributed by atoms with Gasteiger partial charge >= 0.3 is 0 Å². The maximum atomic E-state index is 12.4. The molecule has 17 heavy (non-hydrogen) atoms. The zero-order valence-electron chi connectivity index (χ0n) is 9.02. The third-order valence-electron chi connectivity index (χ3n) is 3.27. The highest BCUT2D eigenvalue weighted by Crippen LogP contribution is 2.66. The maximum Gasteiger partial charge on any atom is 0.257 e. The Kier molecular flexibility index (Phi) is 2.26. The second kappa shape index (κ2) is 3.38. The van der Waals surface area contributed by atoms with Crippen LogP contribution in [0.4, 0.5) is 0 Å². The van der Waals surface area contributed by atoms with Crippen LogP contribution in [0.2, 0.25) is 0 Å². The lowest BCUT2D eigenvalue weighted by molar-refractivity contribution is 0.0812. The molecule has 1 aromatic heterocycles. The molecule has 1 fully saturated rings. The zero-order chi connectivity index (χ0) is 12.3. The molecule has 1 aromatic carbocycles. The number of rotatable bonds is 1. The Morgan fingerprint density at radius 2 is 2.06 bits per heavy atom. The largest absolute Gasteiger partial charge is 0.272 e. The lowest BCUT2D eigenvalue weighted by atomic mass is 10.1.